The van der Waals surface area contributed by atoms with Gasteiger partial charge in [-0.1, -0.05) is 87.5 Å². The van der Waals surface area contributed by atoms with Gasteiger partial charge in [-0.15, -0.1) is 0 Å². The number of allylic oxidation sites excluding steroid dienone is 1. The van der Waals surface area contributed by atoms with Gasteiger partial charge in [0.2, 0.25) is 0 Å². The summed E-state index contributed by atoms with van der Waals surface area (Å²) >= 11 is 0. The molecule has 0 atom stereocenters. The molecule has 5 rings (SSSR count). The summed E-state index contributed by atoms with van der Waals surface area (Å²) in [6, 6.07) is 21.7. The third kappa shape index (κ3) is 4.23. The van der Waals surface area contributed by atoms with Crippen LogP contribution in [0.5, 0.6) is 0 Å². The Morgan fingerprint density at radius 2 is 1.38 bits per heavy atom. The second-order valence-electron chi connectivity index (χ2n) is 11.0. The van der Waals surface area contributed by atoms with Gasteiger partial charge >= 0.3 is 5.97 Å². The molecule has 3 saturated carbocycles. The standard InChI is InChI=1S/C28H36O3Si/c1-26(2,3)32(23-10-6-4-7-11-23,24-12-8-5-9-13-24)31-22-28-19-16-27(17-20-28,18-21-28)15-14-25(29)30/h4-15H,16-22H2,1-3H3,(H,29,30)/b15-14+. The molecule has 0 spiro atoms. The molecule has 3 aliphatic carbocycles. The highest BCUT2D eigenvalue weighted by atomic mass is 28.4. The molecule has 1 N–H and O–H groups in total. The molecule has 0 aliphatic heterocycles. The van der Waals surface area contributed by atoms with Gasteiger partial charge in [-0.05, 0) is 64.8 Å². The van der Waals surface area contributed by atoms with Crippen LogP contribution in [0.2, 0.25) is 5.04 Å². The summed E-state index contributed by atoms with van der Waals surface area (Å²) in [6.45, 7) is 7.79. The lowest BCUT2D eigenvalue weighted by atomic mass is 9.54. The van der Waals surface area contributed by atoms with E-state index in [2.05, 4.69) is 81.4 Å². The van der Waals surface area contributed by atoms with Gasteiger partial charge in [0, 0.05) is 12.7 Å². The zero-order valence-electron chi connectivity index (χ0n) is 19.6. The van der Waals surface area contributed by atoms with Crippen molar-refractivity contribution in [1.29, 1.82) is 0 Å². The lowest BCUT2D eigenvalue weighted by Gasteiger charge is -2.54. The van der Waals surface area contributed by atoms with E-state index in [1.54, 1.807) is 0 Å². The molecule has 0 aromatic heterocycles. The molecular weight excluding hydrogens is 412 g/mol. The fourth-order valence-electron chi connectivity index (χ4n) is 6.03. The summed E-state index contributed by atoms with van der Waals surface area (Å²) in [5.74, 6) is -0.836. The summed E-state index contributed by atoms with van der Waals surface area (Å²) in [4.78, 5) is 11.1. The van der Waals surface area contributed by atoms with Crippen molar-refractivity contribution in [3.8, 4) is 0 Å². The van der Waals surface area contributed by atoms with E-state index in [0.717, 1.165) is 45.1 Å². The fourth-order valence-corrected chi connectivity index (χ4v) is 10.7. The Morgan fingerprint density at radius 3 is 1.78 bits per heavy atom. The summed E-state index contributed by atoms with van der Waals surface area (Å²) in [5.41, 5.74) is 0.295. The maximum Gasteiger partial charge on any atom is 0.327 e. The Labute approximate surface area is 193 Å². The molecule has 3 fully saturated rings. The maximum absolute atomic E-state index is 11.1. The molecule has 0 unspecified atom stereocenters. The Bertz CT molecular complexity index is 895. The topological polar surface area (TPSA) is 46.5 Å². The summed E-state index contributed by atoms with van der Waals surface area (Å²) in [5, 5.41) is 11.7. The van der Waals surface area contributed by atoms with Crippen LogP contribution in [0.1, 0.15) is 59.3 Å². The number of fused-ring (bicyclic) bond motifs is 3. The second kappa shape index (κ2) is 8.64. The molecule has 32 heavy (non-hydrogen) atoms. The van der Waals surface area contributed by atoms with Crippen LogP contribution < -0.4 is 10.4 Å². The molecule has 3 aliphatic rings. The number of carboxylic acid groups (broad SMARTS) is 1. The van der Waals surface area contributed by atoms with Gasteiger partial charge in [0.1, 0.15) is 0 Å². The molecule has 2 aromatic carbocycles. The van der Waals surface area contributed by atoms with Crippen LogP contribution in [0.3, 0.4) is 0 Å². The molecule has 170 valence electrons. The third-order valence-electron chi connectivity index (χ3n) is 8.05. The Balaban J connectivity index is 1.64. The Kier molecular flexibility index (Phi) is 6.21. The van der Waals surface area contributed by atoms with Gasteiger partial charge in [-0.25, -0.2) is 4.79 Å². The van der Waals surface area contributed by atoms with Gasteiger partial charge < -0.3 is 9.53 Å². The van der Waals surface area contributed by atoms with E-state index in [0.29, 0.717) is 0 Å². The van der Waals surface area contributed by atoms with Gasteiger partial charge in [0.05, 0.1) is 0 Å². The van der Waals surface area contributed by atoms with Gasteiger partial charge in [-0.2, -0.15) is 0 Å². The van der Waals surface area contributed by atoms with E-state index in [9.17, 15) is 4.79 Å². The zero-order chi connectivity index (χ0) is 22.9. The normalized spacial score (nSPS) is 25.8. The first-order valence-corrected chi connectivity index (χ1v) is 13.8. The smallest absolute Gasteiger partial charge is 0.327 e. The largest absolute Gasteiger partial charge is 0.478 e. The van der Waals surface area contributed by atoms with Gasteiger partial charge in [0.25, 0.3) is 8.32 Å². The number of aliphatic carboxylic acids is 1. The van der Waals surface area contributed by atoms with E-state index in [4.69, 9.17) is 9.53 Å². The molecule has 0 amide bonds. The van der Waals surface area contributed by atoms with E-state index in [1.807, 2.05) is 6.08 Å². The fraction of sp³-hybridized carbons (Fsp3) is 0.464. The van der Waals surface area contributed by atoms with Crippen LogP contribution in [0.25, 0.3) is 0 Å². The first-order chi connectivity index (χ1) is 15.2. The summed E-state index contributed by atoms with van der Waals surface area (Å²) in [7, 11) is -2.52. The van der Waals surface area contributed by atoms with Crippen molar-refractivity contribution >= 4 is 24.7 Å². The number of benzene rings is 2. The van der Waals surface area contributed by atoms with Crippen molar-refractivity contribution in [2.75, 3.05) is 6.61 Å². The van der Waals surface area contributed by atoms with Crippen LogP contribution in [-0.2, 0) is 9.22 Å². The zero-order valence-corrected chi connectivity index (χ0v) is 20.6. The predicted molar refractivity (Wildman–Crippen MR) is 133 cm³/mol. The monoisotopic (exact) mass is 448 g/mol. The maximum atomic E-state index is 11.1. The van der Waals surface area contributed by atoms with Crippen LogP contribution in [0, 0.1) is 10.8 Å². The first kappa shape index (κ1) is 23.0. The van der Waals surface area contributed by atoms with E-state index in [1.165, 1.54) is 16.4 Å². The van der Waals surface area contributed by atoms with Crippen molar-refractivity contribution in [2.24, 2.45) is 10.8 Å². The second-order valence-corrected chi connectivity index (χ2v) is 15.3. The molecule has 2 bridgehead atoms. The van der Waals surface area contributed by atoms with Crippen molar-refractivity contribution in [3.63, 3.8) is 0 Å². The summed E-state index contributed by atoms with van der Waals surface area (Å²) in [6.07, 6.45) is 9.90. The average Bonchev–Trinajstić information content (AvgIpc) is 2.80. The van der Waals surface area contributed by atoms with Crippen LogP contribution in [-0.4, -0.2) is 26.0 Å². The van der Waals surface area contributed by atoms with Crippen molar-refractivity contribution in [2.45, 2.75) is 64.3 Å². The Morgan fingerprint density at radius 1 is 0.906 bits per heavy atom. The van der Waals surface area contributed by atoms with Crippen LogP contribution >= 0.6 is 0 Å². The highest BCUT2D eigenvalue weighted by Gasteiger charge is 2.53. The van der Waals surface area contributed by atoms with Crippen molar-refractivity contribution in [1.82, 2.24) is 0 Å². The van der Waals surface area contributed by atoms with Crippen LogP contribution in [0.15, 0.2) is 72.8 Å². The molecular formula is C28H36O3Si. The van der Waals surface area contributed by atoms with Gasteiger partial charge in [0.15, 0.2) is 0 Å². The minimum Gasteiger partial charge on any atom is -0.478 e. The lowest BCUT2D eigenvalue weighted by Crippen LogP contribution is -2.67. The molecule has 3 nitrogen and oxygen atoms in total. The molecule has 0 saturated heterocycles. The minimum absolute atomic E-state index is 0.0103. The van der Waals surface area contributed by atoms with Crippen molar-refractivity contribution in [3.05, 3.63) is 72.8 Å². The number of rotatable bonds is 7. The summed E-state index contributed by atoms with van der Waals surface area (Å²) < 4.78 is 7.28. The Hall–Kier alpha value is -2.17. The average molecular weight is 449 g/mol. The molecule has 0 radical (unpaired) electrons. The highest BCUT2D eigenvalue weighted by molar-refractivity contribution is 6.99. The SMILES string of the molecule is CC(C)(C)[Si](OCC12CCC(/C=C/C(=O)O)(CC1)CC2)(c1ccccc1)c1ccccc1. The minimum atomic E-state index is -2.52. The molecule has 2 aromatic rings. The number of carbonyl (C=O) groups is 1. The predicted octanol–water partition coefficient (Wildman–Crippen LogP) is 5.54. The first-order valence-electron chi connectivity index (χ1n) is 11.9. The lowest BCUT2D eigenvalue weighted by molar-refractivity contribution is -0.131. The molecule has 0 heterocycles. The van der Waals surface area contributed by atoms with Gasteiger partial charge in [-0.3, -0.25) is 0 Å². The number of carboxylic acids is 1. The number of hydrogen-bond donors (Lipinski definition) is 1. The van der Waals surface area contributed by atoms with Crippen LogP contribution in [0.4, 0.5) is 0 Å². The van der Waals surface area contributed by atoms with E-state index in [-0.39, 0.29) is 15.9 Å². The van der Waals surface area contributed by atoms with Crippen molar-refractivity contribution < 1.29 is 14.3 Å². The van der Waals surface area contributed by atoms with E-state index >= 15 is 0 Å². The van der Waals surface area contributed by atoms with E-state index < -0.39 is 14.3 Å². The quantitative estimate of drug-likeness (QED) is 0.446. The third-order valence-corrected chi connectivity index (χ3v) is 13.0. The number of hydrogen-bond acceptors (Lipinski definition) is 2. The molecule has 4 heteroatoms. The highest BCUT2D eigenvalue weighted by Crippen LogP contribution is 2.58.